The number of nitrogens with two attached hydrogens (primary N) is 1. The number of carbonyl (C=O) groups is 3. The molecule has 0 radical (unpaired) electrons. The Hall–Kier alpha value is -1.51. The predicted octanol–water partition coefficient (Wildman–Crippen LogP) is -0.454. The van der Waals surface area contributed by atoms with Crippen LogP contribution >= 0.6 is 0 Å². The third-order valence-corrected chi connectivity index (χ3v) is 4.27. The van der Waals surface area contributed by atoms with Crippen molar-refractivity contribution in [1.82, 2.24) is 16.0 Å². The molecule has 6 N–H and O–H groups in total. The molecule has 26 heavy (non-hydrogen) atoms. The fraction of sp³-hybridized carbons (Fsp3) is 0.833. The summed E-state index contributed by atoms with van der Waals surface area (Å²) in [5, 5.41) is 17.9. The van der Waals surface area contributed by atoms with Crippen molar-refractivity contribution < 1.29 is 19.5 Å². The highest BCUT2D eigenvalue weighted by atomic mass is 16.3. The number of hydrogen-bond acceptors (Lipinski definition) is 6. The number of carbonyl (C=O) groups excluding carboxylic acids is 3. The molecule has 0 heterocycles. The summed E-state index contributed by atoms with van der Waals surface area (Å²) in [6.07, 6.45) is 1.39. The minimum Gasteiger partial charge on any atom is -0.391 e. The fourth-order valence-corrected chi connectivity index (χ4v) is 2.57. The van der Waals surface area contributed by atoms with Gasteiger partial charge in [0.1, 0.15) is 6.04 Å². The van der Waals surface area contributed by atoms with E-state index < -0.39 is 30.0 Å². The van der Waals surface area contributed by atoms with Gasteiger partial charge in [0.05, 0.1) is 18.1 Å². The molecule has 2 amide bonds. The smallest absolute Gasteiger partial charge is 0.245 e. The number of rotatable bonds is 13. The summed E-state index contributed by atoms with van der Waals surface area (Å²) in [5.74, 6) is -1.03. The highest BCUT2D eigenvalue weighted by Crippen LogP contribution is 2.13. The SMILES string of the molecule is CNC[C@H](NC(=O)[C@@H](NC(=O)C(CN)CCCC(C)C)[C@H](C)O)C(C)=O. The monoisotopic (exact) mass is 372 g/mol. The molecule has 4 atom stereocenters. The van der Waals surface area contributed by atoms with Crippen molar-refractivity contribution in [2.24, 2.45) is 17.6 Å². The van der Waals surface area contributed by atoms with Gasteiger partial charge in [-0.15, -0.1) is 0 Å². The molecule has 0 fully saturated rings. The molecular weight excluding hydrogens is 336 g/mol. The quantitative estimate of drug-likeness (QED) is 0.297. The van der Waals surface area contributed by atoms with Crippen LogP contribution in [0.1, 0.15) is 47.0 Å². The summed E-state index contributed by atoms with van der Waals surface area (Å²) in [7, 11) is 1.67. The molecule has 8 nitrogen and oxygen atoms in total. The highest BCUT2D eigenvalue weighted by molar-refractivity contribution is 5.92. The molecule has 0 aromatic carbocycles. The van der Waals surface area contributed by atoms with Crippen LogP contribution in [0.5, 0.6) is 0 Å². The van der Waals surface area contributed by atoms with Gasteiger partial charge in [0.2, 0.25) is 11.8 Å². The maximum Gasteiger partial charge on any atom is 0.245 e. The van der Waals surface area contributed by atoms with Crippen LogP contribution in [0, 0.1) is 11.8 Å². The maximum atomic E-state index is 12.5. The second-order valence-electron chi connectivity index (χ2n) is 7.21. The van der Waals surface area contributed by atoms with Crippen molar-refractivity contribution in [3.8, 4) is 0 Å². The van der Waals surface area contributed by atoms with Crippen LogP contribution < -0.4 is 21.7 Å². The Morgan fingerprint density at radius 3 is 2.08 bits per heavy atom. The standard InChI is InChI=1S/C18H36N4O4/c1-11(2)7-6-8-14(9-19)17(25)22-16(13(4)24)18(26)21-15(10-20-5)12(3)23/h11,13-16,20,24H,6-10,19H2,1-5H3,(H,21,26)(H,22,25)/t13-,14?,15-,16-/m0/s1. The first-order chi connectivity index (χ1) is 12.1. The number of Topliss-reactive ketones (excluding diaryl/α,β-unsaturated/α-hetero) is 1. The molecule has 0 aliphatic heterocycles. The third kappa shape index (κ3) is 9.26. The Morgan fingerprint density at radius 1 is 1.04 bits per heavy atom. The van der Waals surface area contributed by atoms with Crippen molar-refractivity contribution in [2.45, 2.75) is 65.1 Å². The molecule has 8 heteroatoms. The first kappa shape index (κ1) is 24.5. The van der Waals surface area contributed by atoms with Crippen LogP contribution in [-0.4, -0.2) is 61.0 Å². The summed E-state index contributed by atoms with van der Waals surface area (Å²) in [6.45, 7) is 7.46. The zero-order valence-corrected chi connectivity index (χ0v) is 16.7. The van der Waals surface area contributed by atoms with Crippen LogP contribution in [0.2, 0.25) is 0 Å². The average molecular weight is 373 g/mol. The van der Waals surface area contributed by atoms with Crippen LogP contribution in [0.25, 0.3) is 0 Å². The van der Waals surface area contributed by atoms with E-state index in [1.54, 1.807) is 7.05 Å². The second-order valence-corrected chi connectivity index (χ2v) is 7.21. The van der Waals surface area contributed by atoms with Crippen LogP contribution in [0.15, 0.2) is 0 Å². The molecule has 0 aliphatic rings. The first-order valence-corrected chi connectivity index (χ1v) is 9.27. The minimum absolute atomic E-state index is 0.175. The van der Waals surface area contributed by atoms with Gasteiger partial charge in [-0.25, -0.2) is 0 Å². The summed E-state index contributed by atoms with van der Waals surface area (Å²) < 4.78 is 0. The van der Waals surface area contributed by atoms with E-state index >= 15 is 0 Å². The van der Waals surface area contributed by atoms with Gasteiger partial charge >= 0.3 is 0 Å². The average Bonchev–Trinajstić information content (AvgIpc) is 2.55. The Bertz CT molecular complexity index is 454. The Labute approximate surface area is 156 Å². The summed E-state index contributed by atoms with van der Waals surface area (Å²) >= 11 is 0. The lowest BCUT2D eigenvalue weighted by atomic mass is 9.97. The van der Waals surface area contributed by atoms with Crippen LogP contribution in [0.4, 0.5) is 0 Å². The molecule has 0 bridgehead atoms. The second kappa shape index (κ2) is 12.8. The number of nitrogens with one attached hydrogen (secondary N) is 3. The van der Waals surface area contributed by atoms with Gasteiger partial charge in [-0.3, -0.25) is 14.4 Å². The molecule has 0 spiro atoms. The molecule has 0 aliphatic carbocycles. The molecule has 0 aromatic heterocycles. The Kier molecular flexibility index (Phi) is 12.0. The lowest BCUT2D eigenvalue weighted by Gasteiger charge is -2.25. The van der Waals surface area contributed by atoms with Crippen molar-refractivity contribution in [1.29, 1.82) is 0 Å². The summed E-state index contributed by atoms with van der Waals surface area (Å²) in [6, 6.07) is -1.86. The van der Waals surface area contributed by atoms with Gasteiger partial charge in [-0.2, -0.15) is 0 Å². The van der Waals surface area contributed by atoms with Crippen molar-refractivity contribution in [3.05, 3.63) is 0 Å². The van der Waals surface area contributed by atoms with E-state index in [1.807, 2.05) is 0 Å². The third-order valence-electron chi connectivity index (χ3n) is 4.27. The summed E-state index contributed by atoms with van der Waals surface area (Å²) in [4.78, 5) is 36.5. The highest BCUT2D eigenvalue weighted by Gasteiger charge is 2.30. The zero-order chi connectivity index (χ0) is 20.3. The minimum atomic E-state index is -1.14. The Balaban J connectivity index is 4.89. The van der Waals surface area contributed by atoms with Crippen molar-refractivity contribution in [3.63, 3.8) is 0 Å². The van der Waals surface area contributed by atoms with E-state index in [2.05, 4.69) is 29.8 Å². The molecule has 152 valence electrons. The first-order valence-electron chi connectivity index (χ1n) is 9.27. The molecule has 0 aromatic rings. The van der Waals surface area contributed by atoms with Crippen LogP contribution in [0.3, 0.4) is 0 Å². The molecule has 0 saturated carbocycles. The molecular formula is C18H36N4O4. The number of amides is 2. The fourth-order valence-electron chi connectivity index (χ4n) is 2.57. The zero-order valence-electron chi connectivity index (χ0n) is 16.7. The number of aliphatic hydroxyl groups is 1. The molecule has 0 rings (SSSR count). The number of likely N-dealkylation sites (N-methyl/N-ethyl adjacent to an activating group) is 1. The van der Waals surface area contributed by atoms with Gasteiger partial charge in [0.15, 0.2) is 5.78 Å². The van der Waals surface area contributed by atoms with Gasteiger partial charge in [-0.05, 0) is 33.2 Å². The maximum absolute atomic E-state index is 12.5. The van der Waals surface area contributed by atoms with E-state index in [4.69, 9.17) is 5.73 Å². The van der Waals surface area contributed by atoms with E-state index in [0.29, 0.717) is 12.3 Å². The van der Waals surface area contributed by atoms with E-state index in [9.17, 15) is 19.5 Å². The predicted molar refractivity (Wildman–Crippen MR) is 101 cm³/mol. The normalized spacial score (nSPS) is 15.8. The topological polar surface area (TPSA) is 134 Å². The molecule has 1 unspecified atom stereocenters. The molecule has 0 saturated heterocycles. The van der Waals surface area contributed by atoms with Crippen molar-refractivity contribution >= 4 is 17.6 Å². The Morgan fingerprint density at radius 2 is 1.65 bits per heavy atom. The van der Waals surface area contributed by atoms with Gasteiger partial charge < -0.3 is 26.8 Å². The van der Waals surface area contributed by atoms with E-state index in [-0.39, 0.29) is 24.8 Å². The van der Waals surface area contributed by atoms with Gasteiger partial charge in [0, 0.05) is 13.1 Å². The lowest BCUT2D eigenvalue weighted by molar-refractivity contribution is -0.134. The van der Waals surface area contributed by atoms with Crippen LogP contribution in [-0.2, 0) is 14.4 Å². The number of ketones is 1. The van der Waals surface area contributed by atoms with E-state index in [0.717, 1.165) is 12.8 Å². The largest absolute Gasteiger partial charge is 0.391 e. The number of aliphatic hydroxyl groups excluding tert-OH is 1. The summed E-state index contributed by atoms with van der Waals surface area (Å²) in [5.41, 5.74) is 5.70. The number of hydrogen-bond donors (Lipinski definition) is 5. The van der Waals surface area contributed by atoms with Gasteiger partial charge in [-0.1, -0.05) is 26.7 Å². The van der Waals surface area contributed by atoms with Crippen molar-refractivity contribution in [2.75, 3.05) is 20.1 Å². The lowest BCUT2D eigenvalue weighted by Crippen LogP contribution is -2.58. The van der Waals surface area contributed by atoms with E-state index in [1.165, 1.54) is 13.8 Å². The van der Waals surface area contributed by atoms with Gasteiger partial charge in [0.25, 0.3) is 0 Å².